The molecule has 4 heteroatoms. The van der Waals surface area contributed by atoms with Gasteiger partial charge in [-0.05, 0) is 32.2 Å². The molecule has 2 atom stereocenters. The van der Waals surface area contributed by atoms with Gasteiger partial charge in [0.15, 0.2) is 0 Å². The average molecular weight is 236 g/mol. The lowest BCUT2D eigenvalue weighted by Crippen LogP contribution is -2.29. The summed E-state index contributed by atoms with van der Waals surface area (Å²) in [6.07, 6.45) is 4.40. The van der Waals surface area contributed by atoms with Crippen LogP contribution >= 0.6 is 0 Å². The van der Waals surface area contributed by atoms with Crippen LogP contribution in [0.5, 0.6) is 0 Å². The summed E-state index contributed by atoms with van der Waals surface area (Å²) in [5.74, 6) is 0.664. The molecule has 2 rings (SSSR count). The van der Waals surface area contributed by atoms with Crippen LogP contribution in [0, 0.1) is 5.92 Å². The van der Waals surface area contributed by atoms with E-state index in [9.17, 15) is 0 Å². The van der Waals surface area contributed by atoms with Crippen molar-refractivity contribution in [1.29, 1.82) is 0 Å². The molecule has 2 unspecified atom stereocenters. The summed E-state index contributed by atoms with van der Waals surface area (Å²) in [6, 6.07) is 0.319. The summed E-state index contributed by atoms with van der Waals surface area (Å²) in [6.45, 7) is 7.62. The second-order valence-electron chi connectivity index (χ2n) is 5.27. The third-order valence-corrected chi connectivity index (χ3v) is 3.77. The molecular formula is C13H24N4. The number of hydrogen-bond acceptors (Lipinski definition) is 3. The molecule has 17 heavy (non-hydrogen) atoms. The van der Waals surface area contributed by atoms with Gasteiger partial charge >= 0.3 is 0 Å². The molecule has 0 radical (unpaired) electrons. The lowest BCUT2D eigenvalue weighted by Gasteiger charge is -2.17. The van der Waals surface area contributed by atoms with Crippen LogP contribution in [0.2, 0.25) is 0 Å². The molecule has 2 heterocycles. The standard InChI is InChI=1S/C13H24N4/c1-4-13-12(7-16(3)15-13)9-17-6-5-11(8-17)10(2)14/h7,10-11H,4-6,8-9,14H2,1-3H3. The second kappa shape index (κ2) is 5.19. The molecule has 2 N–H and O–H groups in total. The first-order valence-corrected chi connectivity index (χ1v) is 6.59. The highest BCUT2D eigenvalue weighted by Crippen LogP contribution is 2.21. The van der Waals surface area contributed by atoms with Crippen molar-refractivity contribution in [1.82, 2.24) is 14.7 Å². The van der Waals surface area contributed by atoms with E-state index in [4.69, 9.17) is 5.73 Å². The predicted molar refractivity (Wildman–Crippen MR) is 69.6 cm³/mol. The summed E-state index contributed by atoms with van der Waals surface area (Å²) < 4.78 is 1.92. The lowest BCUT2D eigenvalue weighted by atomic mass is 10.0. The molecule has 1 saturated heterocycles. The Bertz CT molecular complexity index is 369. The zero-order valence-electron chi connectivity index (χ0n) is 11.2. The summed E-state index contributed by atoms with van der Waals surface area (Å²) in [5, 5.41) is 4.49. The van der Waals surface area contributed by atoms with Gasteiger partial charge in [0.1, 0.15) is 0 Å². The molecule has 0 spiro atoms. The minimum atomic E-state index is 0.319. The number of nitrogens with two attached hydrogens (primary N) is 1. The number of rotatable bonds is 4. The molecule has 1 aliphatic rings. The maximum absolute atomic E-state index is 5.97. The van der Waals surface area contributed by atoms with Crippen molar-refractivity contribution in [3.8, 4) is 0 Å². The Hall–Kier alpha value is -0.870. The highest BCUT2D eigenvalue weighted by Gasteiger charge is 2.25. The molecule has 0 bridgehead atoms. The van der Waals surface area contributed by atoms with Gasteiger partial charge in [-0.15, -0.1) is 0 Å². The van der Waals surface area contributed by atoms with Gasteiger partial charge in [-0.3, -0.25) is 9.58 Å². The zero-order valence-corrected chi connectivity index (χ0v) is 11.2. The number of hydrogen-bond donors (Lipinski definition) is 1. The van der Waals surface area contributed by atoms with Crippen LogP contribution in [-0.2, 0) is 20.0 Å². The van der Waals surface area contributed by atoms with Gasteiger partial charge in [-0.2, -0.15) is 5.10 Å². The molecule has 1 aliphatic heterocycles. The first kappa shape index (κ1) is 12.6. The molecule has 1 aromatic heterocycles. The van der Waals surface area contributed by atoms with Crippen LogP contribution in [0.15, 0.2) is 6.20 Å². The smallest absolute Gasteiger partial charge is 0.0666 e. The van der Waals surface area contributed by atoms with E-state index in [0.29, 0.717) is 12.0 Å². The Kier molecular flexibility index (Phi) is 3.84. The van der Waals surface area contributed by atoms with Crippen LogP contribution in [0.3, 0.4) is 0 Å². The first-order chi connectivity index (χ1) is 8.10. The van der Waals surface area contributed by atoms with Gasteiger partial charge in [0.25, 0.3) is 0 Å². The summed E-state index contributed by atoms with van der Waals surface area (Å²) in [4.78, 5) is 2.50. The third kappa shape index (κ3) is 2.87. The molecule has 0 amide bonds. The van der Waals surface area contributed by atoms with Crippen molar-refractivity contribution >= 4 is 0 Å². The number of nitrogens with zero attached hydrogens (tertiary/aromatic N) is 3. The normalized spacial score (nSPS) is 23.2. The van der Waals surface area contributed by atoms with E-state index < -0.39 is 0 Å². The molecule has 96 valence electrons. The van der Waals surface area contributed by atoms with Crippen LogP contribution in [-0.4, -0.2) is 33.8 Å². The number of aromatic nitrogens is 2. The zero-order chi connectivity index (χ0) is 12.4. The van der Waals surface area contributed by atoms with Gasteiger partial charge in [0, 0.05) is 37.9 Å². The predicted octanol–water partition coefficient (Wildman–Crippen LogP) is 1.15. The van der Waals surface area contributed by atoms with Crippen LogP contribution in [0.4, 0.5) is 0 Å². The highest BCUT2D eigenvalue weighted by atomic mass is 15.3. The van der Waals surface area contributed by atoms with E-state index >= 15 is 0 Å². The SMILES string of the molecule is CCc1nn(C)cc1CN1CCC(C(C)N)C1. The molecular weight excluding hydrogens is 212 g/mol. The Morgan fingerprint density at radius 2 is 2.35 bits per heavy atom. The Labute approximate surface area is 104 Å². The topological polar surface area (TPSA) is 47.1 Å². The number of aryl methyl sites for hydroxylation is 2. The van der Waals surface area contributed by atoms with Crippen molar-refractivity contribution in [2.24, 2.45) is 18.7 Å². The van der Waals surface area contributed by atoms with E-state index in [1.165, 1.54) is 24.2 Å². The summed E-state index contributed by atoms with van der Waals surface area (Å²) in [5.41, 5.74) is 8.58. The largest absolute Gasteiger partial charge is 0.328 e. The summed E-state index contributed by atoms with van der Waals surface area (Å²) >= 11 is 0. The van der Waals surface area contributed by atoms with Crippen LogP contribution in [0.1, 0.15) is 31.5 Å². The van der Waals surface area contributed by atoms with Crippen LogP contribution in [0.25, 0.3) is 0 Å². The Morgan fingerprint density at radius 3 is 2.94 bits per heavy atom. The fourth-order valence-electron chi connectivity index (χ4n) is 2.69. The maximum atomic E-state index is 5.97. The summed E-state index contributed by atoms with van der Waals surface area (Å²) in [7, 11) is 2.00. The van der Waals surface area contributed by atoms with Gasteiger partial charge in [-0.25, -0.2) is 0 Å². The quantitative estimate of drug-likeness (QED) is 0.853. The molecule has 0 aliphatic carbocycles. The van der Waals surface area contributed by atoms with E-state index in [-0.39, 0.29) is 0 Å². The fraction of sp³-hybridized carbons (Fsp3) is 0.769. The fourth-order valence-corrected chi connectivity index (χ4v) is 2.69. The first-order valence-electron chi connectivity index (χ1n) is 6.59. The maximum Gasteiger partial charge on any atom is 0.0666 e. The van der Waals surface area contributed by atoms with E-state index in [2.05, 4.69) is 30.0 Å². The number of likely N-dealkylation sites (tertiary alicyclic amines) is 1. The minimum Gasteiger partial charge on any atom is -0.328 e. The molecule has 0 aromatic carbocycles. The third-order valence-electron chi connectivity index (χ3n) is 3.77. The molecule has 1 fully saturated rings. The lowest BCUT2D eigenvalue weighted by molar-refractivity contribution is 0.307. The molecule has 1 aromatic rings. The van der Waals surface area contributed by atoms with Crippen molar-refractivity contribution in [3.05, 3.63) is 17.5 Å². The molecule has 4 nitrogen and oxygen atoms in total. The van der Waals surface area contributed by atoms with E-state index in [0.717, 1.165) is 19.5 Å². The van der Waals surface area contributed by atoms with Gasteiger partial charge in [0.2, 0.25) is 0 Å². The van der Waals surface area contributed by atoms with Crippen molar-refractivity contribution < 1.29 is 0 Å². The Balaban J connectivity index is 1.97. The van der Waals surface area contributed by atoms with Crippen molar-refractivity contribution in [2.45, 2.75) is 39.3 Å². The van der Waals surface area contributed by atoms with Crippen molar-refractivity contribution in [3.63, 3.8) is 0 Å². The second-order valence-corrected chi connectivity index (χ2v) is 5.27. The van der Waals surface area contributed by atoms with Crippen molar-refractivity contribution in [2.75, 3.05) is 13.1 Å². The minimum absolute atomic E-state index is 0.319. The van der Waals surface area contributed by atoms with E-state index in [1.807, 2.05) is 11.7 Å². The van der Waals surface area contributed by atoms with E-state index in [1.54, 1.807) is 0 Å². The van der Waals surface area contributed by atoms with Gasteiger partial charge in [0.05, 0.1) is 5.69 Å². The Morgan fingerprint density at radius 1 is 1.59 bits per heavy atom. The van der Waals surface area contributed by atoms with Gasteiger partial charge in [-0.1, -0.05) is 6.92 Å². The average Bonchev–Trinajstić information content (AvgIpc) is 2.86. The van der Waals surface area contributed by atoms with Gasteiger partial charge < -0.3 is 5.73 Å². The van der Waals surface area contributed by atoms with Crippen LogP contribution < -0.4 is 5.73 Å². The monoisotopic (exact) mass is 236 g/mol. The molecule has 0 saturated carbocycles. The highest BCUT2D eigenvalue weighted by molar-refractivity contribution is 5.17.